The number of rotatable bonds is 15. The van der Waals surface area contributed by atoms with E-state index in [2.05, 4.69) is 21.2 Å². The highest BCUT2D eigenvalue weighted by atomic mass is 79.9. The van der Waals surface area contributed by atoms with Crippen LogP contribution in [0.5, 0.6) is 11.5 Å². The van der Waals surface area contributed by atoms with Crippen LogP contribution in [0, 0.1) is 0 Å². The lowest BCUT2D eigenvalue weighted by Gasteiger charge is -2.45. The van der Waals surface area contributed by atoms with Crippen LogP contribution in [0.2, 0.25) is 5.02 Å². The molecule has 3 aromatic rings. The van der Waals surface area contributed by atoms with Crippen molar-refractivity contribution in [1.82, 2.24) is 15.1 Å². The molecule has 1 saturated carbocycles. The van der Waals surface area contributed by atoms with E-state index in [4.69, 9.17) is 26.2 Å². The van der Waals surface area contributed by atoms with Crippen LogP contribution in [-0.2, 0) is 20.8 Å². The third kappa shape index (κ3) is 9.23. The van der Waals surface area contributed by atoms with Crippen LogP contribution in [0.4, 0.5) is 0 Å². The van der Waals surface area contributed by atoms with Gasteiger partial charge in [-0.2, -0.15) is 0 Å². The van der Waals surface area contributed by atoms with Crippen LogP contribution in [-0.4, -0.2) is 83.7 Å². The van der Waals surface area contributed by atoms with Gasteiger partial charge in [-0.15, -0.1) is 0 Å². The lowest BCUT2D eigenvalue weighted by Crippen LogP contribution is -2.62. The van der Waals surface area contributed by atoms with Crippen molar-refractivity contribution >= 4 is 50.9 Å². The Kier molecular flexibility index (Phi) is 11.6. The van der Waals surface area contributed by atoms with Crippen LogP contribution in [0.3, 0.4) is 0 Å². The lowest BCUT2D eigenvalue weighted by atomic mass is 9.82. The monoisotopic (exact) mass is 749 g/mol. The minimum atomic E-state index is -0.909. The number of carboxylic acids is 1. The molecule has 1 aliphatic carbocycles. The Labute approximate surface area is 300 Å². The van der Waals surface area contributed by atoms with Gasteiger partial charge in [-0.05, 0) is 91.3 Å². The van der Waals surface area contributed by atoms with Gasteiger partial charge in [0.05, 0.1) is 6.04 Å². The van der Waals surface area contributed by atoms with Gasteiger partial charge >= 0.3 is 5.97 Å². The fraction of sp³-hybridized carbons (Fsp3) is 0.395. The quantitative estimate of drug-likeness (QED) is 0.174. The number of aliphatic carboxylic acids is 1. The molecule has 0 spiro atoms. The maximum atomic E-state index is 14.7. The first-order valence-corrected chi connectivity index (χ1v) is 18.1. The first-order chi connectivity index (χ1) is 23.7. The largest absolute Gasteiger partial charge is 0.490 e. The third-order valence-electron chi connectivity index (χ3n) is 9.23. The number of piperazine rings is 1. The van der Waals surface area contributed by atoms with Crippen molar-refractivity contribution in [3.05, 3.63) is 99.0 Å². The second-order valence-corrected chi connectivity index (χ2v) is 14.1. The van der Waals surface area contributed by atoms with E-state index in [-0.39, 0.29) is 42.8 Å². The molecule has 0 aromatic heterocycles. The molecule has 2 atom stereocenters. The molecule has 2 amide bonds. The molecule has 6 rings (SSSR count). The molecule has 0 unspecified atom stereocenters. The number of halogens is 2. The number of carboxylic acid groups (broad SMARTS) is 1. The summed E-state index contributed by atoms with van der Waals surface area (Å²) in [6.07, 6.45) is 3.58. The summed E-state index contributed by atoms with van der Waals surface area (Å²) in [4.78, 5) is 42.7. The molecule has 49 heavy (non-hydrogen) atoms. The number of hydrogen-bond donors (Lipinski definition) is 2. The van der Waals surface area contributed by atoms with Crippen LogP contribution in [0.1, 0.15) is 49.7 Å². The number of fused-ring (bicyclic) bond motifs is 2. The van der Waals surface area contributed by atoms with E-state index in [1.54, 1.807) is 4.90 Å². The molecule has 2 bridgehead atoms. The molecule has 0 radical (unpaired) electrons. The number of hydrogen-bond acceptors (Lipinski definition) is 6. The van der Waals surface area contributed by atoms with Crippen molar-refractivity contribution in [3.63, 3.8) is 0 Å². The van der Waals surface area contributed by atoms with Crippen molar-refractivity contribution in [2.24, 2.45) is 0 Å². The van der Waals surface area contributed by atoms with Gasteiger partial charge in [-0.25, -0.2) is 0 Å². The van der Waals surface area contributed by atoms with E-state index in [1.165, 1.54) is 0 Å². The maximum absolute atomic E-state index is 14.7. The second-order valence-electron chi connectivity index (χ2n) is 12.8. The number of carbonyl (C=O) groups excluding carboxylic acids is 2. The highest BCUT2D eigenvalue weighted by Gasteiger charge is 2.43. The topological polar surface area (TPSA) is 108 Å². The summed E-state index contributed by atoms with van der Waals surface area (Å²) in [6, 6.07) is 23.1. The van der Waals surface area contributed by atoms with E-state index in [9.17, 15) is 14.4 Å². The molecule has 258 valence electrons. The van der Waals surface area contributed by atoms with Gasteiger partial charge in [0.2, 0.25) is 5.91 Å². The molecule has 9 nitrogen and oxygen atoms in total. The van der Waals surface area contributed by atoms with Gasteiger partial charge < -0.3 is 29.7 Å². The Bertz CT molecular complexity index is 1680. The van der Waals surface area contributed by atoms with Crippen molar-refractivity contribution in [3.8, 4) is 11.5 Å². The Morgan fingerprint density at radius 3 is 2.24 bits per heavy atom. The summed E-state index contributed by atoms with van der Waals surface area (Å²) in [5, 5.41) is 13.4. The molecular formula is C38H41BrClN3O6. The van der Waals surface area contributed by atoms with Gasteiger partial charge in [0.15, 0.2) is 0 Å². The normalized spacial score (nSPS) is 18.6. The summed E-state index contributed by atoms with van der Waals surface area (Å²) in [6.45, 7) is 2.20. The SMILES string of the molecule is O=C(O)CCCC(=O)N1C[C@H]2CC(c3ccc(OCCOc4ccc(Br)cc4)cc3)=C(C(=O)N(CCc3ccccc3Cl)C3CC3)[C@@H](C1)N2. The van der Waals surface area contributed by atoms with Gasteiger partial charge in [0.25, 0.3) is 5.91 Å². The van der Waals surface area contributed by atoms with E-state index in [0.29, 0.717) is 68.5 Å². The number of amides is 2. The molecule has 2 N–H and O–H groups in total. The molecule has 2 heterocycles. The predicted molar refractivity (Wildman–Crippen MR) is 192 cm³/mol. The lowest BCUT2D eigenvalue weighted by molar-refractivity contribution is -0.138. The first-order valence-electron chi connectivity index (χ1n) is 16.9. The van der Waals surface area contributed by atoms with E-state index >= 15 is 0 Å². The van der Waals surface area contributed by atoms with Crippen LogP contribution in [0.25, 0.3) is 5.57 Å². The molecule has 11 heteroatoms. The fourth-order valence-corrected chi connectivity index (χ4v) is 7.15. The average Bonchev–Trinajstić information content (AvgIpc) is 3.93. The predicted octanol–water partition coefficient (Wildman–Crippen LogP) is 6.38. The number of carbonyl (C=O) groups is 3. The van der Waals surface area contributed by atoms with Crippen molar-refractivity contribution in [1.29, 1.82) is 0 Å². The first kappa shape index (κ1) is 35.0. The van der Waals surface area contributed by atoms with E-state index in [1.807, 2.05) is 77.7 Å². The van der Waals surface area contributed by atoms with Crippen molar-refractivity contribution in [2.75, 3.05) is 32.8 Å². The highest BCUT2D eigenvalue weighted by molar-refractivity contribution is 9.10. The van der Waals surface area contributed by atoms with E-state index in [0.717, 1.165) is 39.8 Å². The standard InChI is InChI=1S/C38H41BrClN3O6/c39-27-10-16-31(17-11-27)49-21-20-48-30-14-8-25(9-15-30)32-22-28-23-42(35(44)6-3-7-36(45)46)24-34(41-28)37(32)38(47)43(29-12-13-29)19-18-26-4-1-2-5-33(26)40/h1-2,4-5,8-11,14-17,28-29,34,41H,3,6-7,12-13,18-24H2,(H,45,46)/t28-,34-/m1/s1. The van der Waals surface area contributed by atoms with Gasteiger partial charge in [0.1, 0.15) is 24.7 Å². The van der Waals surface area contributed by atoms with Crippen LogP contribution in [0.15, 0.2) is 82.8 Å². The second kappa shape index (κ2) is 16.2. The van der Waals surface area contributed by atoms with Gasteiger partial charge in [0, 0.05) is 59.6 Å². The number of ether oxygens (including phenoxy) is 2. The number of benzene rings is 3. The zero-order valence-electron chi connectivity index (χ0n) is 27.3. The molecule has 2 aliphatic heterocycles. The summed E-state index contributed by atoms with van der Waals surface area (Å²) in [7, 11) is 0. The van der Waals surface area contributed by atoms with E-state index < -0.39 is 5.97 Å². The fourth-order valence-electron chi connectivity index (χ4n) is 6.65. The van der Waals surface area contributed by atoms with Crippen LogP contribution < -0.4 is 14.8 Å². The smallest absolute Gasteiger partial charge is 0.303 e. The summed E-state index contributed by atoms with van der Waals surface area (Å²) >= 11 is 9.90. The van der Waals surface area contributed by atoms with Crippen molar-refractivity contribution < 1.29 is 29.0 Å². The average molecular weight is 751 g/mol. The molecule has 2 fully saturated rings. The summed E-state index contributed by atoms with van der Waals surface area (Å²) in [5.74, 6) is 0.494. The minimum Gasteiger partial charge on any atom is -0.490 e. The number of nitrogens with one attached hydrogen (secondary N) is 1. The molecule has 3 aliphatic rings. The van der Waals surface area contributed by atoms with Crippen molar-refractivity contribution in [2.45, 2.75) is 63.1 Å². The Morgan fingerprint density at radius 1 is 0.918 bits per heavy atom. The molecule has 3 aromatic carbocycles. The molecular weight excluding hydrogens is 710 g/mol. The summed E-state index contributed by atoms with van der Waals surface area (Å²) < 4.78 is 12.7. The Hall–Kier alpha value is -3.86. The number of nitrogens with zero attached hydrogens (tertiary/aromatic N) is 2. The van der Waals surface area contributed by atoms with Gasteiger partial charge in [-0.3, -0.25) is 14.4 Å². The zero-order valence-corrected chi connectivity index (χ0v) is 29.6. The highest BCUT2D eigenvalue weighted by Crippen LogP contribution is 2.37. The molecule has 1 saturated heterocycles. The minimum absolute atomic E-state index is 0.00824. The third-order valence-corrected chi connectivity index (χ3v) is 10.1. The van der Waals surface area contributed by atoms with Gasteiger partial charge in [-0.1, -0.05) is 57.9 Å². The maximum Gasteiger partial charge on any atom is 0.303 e. The van der Waals surface area contributed by atoms with Crippen LogP contribution >= 0.6 is 27.5 Å². The zero-order chi connectivity index (χ0) is 34.3. The Morgan fingerprint density at radius 2 is 1.59 bits per heavy atom. The Balaban J connectivity index is 1.21. The summed E-state index contributed by atoms with van der Waals surface area (Å²) in [5.41, 5.74) is 3.65.